The normalized spacial score (nSPS) is 20.2. The maximum Gasteiger partial charge on any atom is 0.256 e. The summed E-state index contributed by atoms with van der Waals surface area (Å²) in [5.41, 5.74) is 1.03. The Morgan fingerprint density at radius 3 is 2.53 bits per heavy atom. The molecule has 2 unspecified atom stereocenters. The van der Waals surface area contributed by atoms with Gasteiger partial charge in [-0.3, -0.25) is 9.59 Å². The quantitative estimate of drug-likeness (QED) is 0.679. The summed E-state index contributed by atoms with van der Waals surface area (Å²) >= 11 is 0. The second kappa shape index (κ2) is 8.00. The first-order valence-electron chi connectivity index (χ1n) is 10.9. The van der Waals surface area contributed by atoms with E-state index in [9.17, 15) is 18.4 Å². The lowest BCUT2D eigenvalue weighted by atomic mass is 10.0. The summed E-state index contributed by atoms with van der Waals surface area (Å²) in [6, 6.07) is 7.78. The smallest absolute Gasteiger partial charge is 0.256 e. The number of rotatable bonds is 4. The van der Waals surface area contributed by atoms with Crippen molar-refractivity contribution < 1.29 is 13.6 Å². The molecular weight excluding hydrogens is 414 g/mol. The van der Waals surface area contributed by atoms with Gasteiger partial charge >= 0.3 is 0 Å². The van der Waals surface area contributed by atoms with Crippen LogP contribution in [-0.4, -0.2) is 45.9 Å². The molecule has 2 aliphatic rings. The molecule has 1 amide bonds. The Bertz CT molecular complexity index is 1230. The third-order valence-electron chi connectivity index (χ3n) is 6.60. The Balaban J connectivity index is 1.28. The van der Waals surface area contributed by atoms with Crippen molar-refractivity contribution >= 4 is 22.5 Å². The molecule has 8 heteroatoms. The van der Waals surface area contributed by atoms with E-state index < -0.39 is 5.82 Å². The van der Waals surface area contributed by atoms with Gasteiger partial charge in [-0.25, -0.2) is 13.8 Å². The maximum absolute atomic E-state index is 13.6. The second-order valence-electron chi connectivity index (χ2n) is 8.73. The zero-order chi connectivity index (χ0) is 22.4. The molecule has 3 aromatic rings. The molecule has 5 rings (SSSR count). The van der Waals surface area contributed by atoms with Crippen molar-refractivity contribution in [1.82, 2.24) is 14.9 Å². The van der Waals surface area contributed by atoms with E-state index in [1.165, 1.54) is 24.4 Å². The van der Waals surface area contributed by atoms with Crippen LogP contribution in [0, 0.1) is 18.6 Å². The Morgan fingerprint density at radius 1 is 1.09 bits per heavy atom. The Kier molecular flexibility index (Phi) is 5.15. The number of H-pyrrole nitrogens is 1. The molecule has 166 valence electrons. The van der Waals surface area contributed by atoms with E-state index in [4.69, 9.17) is 0 Å². The van der Waals surface area contributed by atoms with Crippen molar-refractivity contribution in [1.29, 1.82) is 0 Å². The third kappa shape index (κ3) is 3.74. The summed E-state index contributed by atoms with van der Waals surface area (Å²) in [6.45, 7) is 3.13. The fraction of sp³-hybridized carbons (Fsp3) is 0.375. The zero-order valence-corrected chi connectivity index (χ0v) is 17.8. The number of aromatic nitrogens is 2. The largest absolute Gasteiger partial charge is 0.352 e. The van der Waals surface area contributed by atoms with Gasteiger partial charge in [0.2, 0.25) is 5.91 Å². The lowest BCUT2D eigenvalue weighted by Gasteiger charge is -2.41. The van der Waals surface area contributed by atoms with Crippen molar-refractivity contribution in [3.8, 4) is 0 Å². The highest BCUT2D eigenvalue weighted by Crippen LogP contribution is 2.32. The minimum Gasteiger partial charge on any atom is -0.352 e. The number of amides is 1. The minimum absolute atomic E-state index is 0.0704. The van der Waals surface area contributed by atoms with Gasteiger partial charge in [0.15, 0.2) is 0 Å². The number of benzene rings is 1. The number of nitrogens with one attached hydrogen (secondary N) is 1. The number of aromatic amines is 1. The van der Waals surface area contributed by atoms with E-state index in [0.29, 0.717) is 48.0 Å². The van der Waals surface area contributed by atoms with Gasteiger partial charge in [0.05, 0.1) is 11.6 Å². The highest BCUT2D eigenvalue weighted by Gasteiger charge is 2.42. The molecular formula is C24H24F2N4O2. The van der Waals surface area contributed by atoms with E-state index in [0.717, 1.165) is 18.7 Å². The number of hydrogen-bond donors (Lipinski definition) is 1. The summed E-state index contributed by atoms with van der Waals surface area (Å²) < 4.78 is 26.8. The first kappa shape index (κ1) is 20.6. The van der Waals surface area contributed by atoms with Gasteiger partial charge in [0.1, 0.15) is 17.5 Å². The molecule has 2 aromatic heterocycles. The highest BCUT2D eigenvalue weighted by molar-refractivity contribution is 5.85. The number of pyridine rings is 2. The number of fused-ring (bicyclic) bond motifs is 3. The fourth-order valence-corrected chi connectivity index (χ4v) is 5.11. The molecule has 2 saturated heterocycles. The minimum atomic E-state index is -0.436. The van der Waals surface area contributed by atoms with Crippen molar-refractivity contribution in [3.63, 3.8) is 0 Å². The standard InChI is InChI=1S/C24H24F2N4O2/c1-14-8-16(26)9-21-20(14)10-17(28-24(21)32)3-7-23(31)30-18-4-5-19(30)13-29(12-18)22-6-2-15(25)11-27-22/h2,6,8-11,18-19H,3-5,7,12-13H2,1H3,(H,28,32). The molecule has 1 aromatic carbocycles. The molecule has 0 radical (unpaired) electrons. The molecule has 2 aliphatic heterocycles. The molecule has 6 nitrogen and oxygen atoms in total. The molecule has 0 spiro atoms. The van der Waals surface area contributed by atoms with Gasteiger partial charge in [-0.2, -0.15) is 0 Å². The topological polar surface area (TPSA) is 69.3 Å². The number of hydrogen-bond acceptors (Lipinski definition) is 4. The number of aryl methyl sites for hydroxylation is 2. The van der Waals surface area contributed by atoms with Crippen LogP contribution in [0.5, 0.6) is 0 Å². The molecule has 2 fully saturated rings. The van der Waals surface area contributed by atoms with Gasteiger partial charge in [-0.05, 0) is 67.5 Å². The van der Waals surface area contributed by atoms with Gasteiger partial charge < -0.3 is 14.8 Å². The lowest BCUT2D eigenvalue weighted by Crippen LogP contribution is -2.56. The summed E-state index contributed by atoms with van der Waals surface area (Å²) in [4.78, 5) is 36.6. The van der Waals surface area contributed by atoms with Crippen molar-refractivity contribution in [2.24, 2.45) is 0 Å². The van der Waals surface area contributed by atoms with Crippen LogP contribution < -0.4 is 10.5 Å². The van der Waals surface area contributed by atoms with E-state index >= 15 is 0 Å². The van der Waals surface area contributed by atoms with Crippen molar-refractivity contribution in [3.05, 3.63) is 69.8 Å². The van der Waals surface area contributed by atoms with Crippen LogP contribution in [0.1, 0.15) is 30.5 Å². The van der Waals surface area contributed by atoms with Crippen LogP contribution in [0.4, 0.5) is 14.6 Å². The average Bonchev–Trinajstić information content (AvgIpc) is 3.03. The molecule has 4 heterocycles. The molecule has 0 saturated carbocycles. The predicted octanol–water partition coefficient (Wildman–Crippen LogP) is 3.32. The van der Waals surface area contributed by atoms with Crippen molar-refractivity contribution in [2.75, 3.05) is 18.0 Å². The molecule has 32 heavy (non-hydrogen) atoms. The molecule has 2 atom stereocenters. The summed E-state index contributed by atoms with van der Waals surface area (Å²) in [7, 11) is 0. The number of nitrogens with zero attached hydrogens (tertiary/aromatic N) is 3. The SMILES string of the molecule is Cc1cc(F)cc2c(=O)[nH]c(CCC(=O)N3C4CCC3CN(c3ccc(F)cn3)C4)cc12. The van der Waals surface area contributed by atoms with Crippen LogP contribution in [0.15, 0.2) is 41.3 Å². The zero-order valence-electron chi connectivity index (χ0n) is 17.8. The Labute approximate surface area is 183 Å². The van der Waals surface area contributed by atoms with E-state index in [-0.39, 0.29) is 29.4 Å². The fourth-order valence-electron chi connectivity index (χ4n) is 5.11. The number of carbonyl (C=O) groups is 1. The number of anilines is 1. The van der Waals surface area contributed by atoms with Gasteiger partial charge in [0.25, 0.3) is 5.56 Å². The molecule has 1 N–H and O–H groups in total. The highest BCUT2D eigenvalue weighted by atomic mass is 19.1. The third-order valence-corrected chi connectivity index (χ3v) is 6.60. The van der Waals surface area contributed by atoms with E-state index in [1.807, 2.05) is 11.0 Å². The van der Waals surface area contributed by atoms with Gasteiger partial charge in [0, 0.05) is 37.3 Å². The monoisotopic (exact) mass is 438 g/mol. The molecule has 2 bridgehead atoms. The van der Waals surface area contributed by atoms with Crippen LogP contribution >= 0.6 is 0 Å². The summed E-state index contributed by atoms with van der Waals surface area (Å²) in [6.07, 6.45) is 3.80. The predicted molar refractivity (Wildman–Crippen MR) is 118 cm³/mol. The Morgan fingerprint density at radius 2 is 1.84 bits per heavy atom. The number of piperazine rings is 1. The first-order chi connectivity index (χ1) is 15.4. The summed E-state index contributed by atoms with van der Waals surface area (Å²) in [5.74, 6) is 0.00316. The average molecular weight is 438 g/mol. The van der Waals surface area contributed by atoms with E-state index in [1.54, 1.807) is 13.0 Å². The van der Waals surface area contributed by atoms with Crippen LogP contribution in [0.2, 0.25) is 0 Å². The molecule has 0 aliphatic carbocycles. The number of carbonyl (C=O) groups excluding carboxylic acids is 1. The summed E-state index contributed by atoms with van der Waals surface area (Å²) in [5, 5.41) is 1.03. The lowest BCUT2D eigenvalue weighted by molar-refractivity contribution is -0.134. The second-order valence-corrected chi connectivity index (χ2v) is 8.73. The van der Waals surface area contributed by atoms with Crippen molar-refractivity contribution in [2.45, 2.75) is 44.7 Å². The number of halogens is 2. The van der Waals surface area contributed by atoms with Crippen LogP contribution in [0.3, 0.4) is 0 Å². The van der Waals surface area contributed by atoms with Gasteiger partial charge in [-0.1, -0.05) is 0 Å². The maximum atomic E-state index is 13.6. The first-order valence-corrected chi connectivity index (χ1v) is 10.9. The van der Waals surface area contributed by atoms with Crippen LogP contribution in [0.25, 0.3) is 10.8 Å². The Hall–Kier alpha value is -3.29. The van der Waals surface area contributed by atoms with Crippen LogP contribution in [-0.2, 0) is 11.2 Å². The van der Waals surface area contributed by atoms with E-state index in [2.05, 4.69) is 14.9 Å². The van der Waals surface area contributed by atoms with Gasteiger partial charge in [-0.15, -0.1) is 0 Å².